The molecule has 0 spiro atoms. The maximum atomic E-state index is 11.4. The normalized spacial score (nSPS) is 18.9. The van der Waals surface area contributed by atoms with Crippen LogP contribution in [0, 0.1) is 22.7 Å². The number of carboxylic acid groups (broad SMARTS) is 1. The number of ether oxygens (including phenoxy) is 3. The number of carboxylic acids is 1. The second-order valence-electron chi connectivity index (χ2n) is 18.3. The largest absolute Gasteiger partial charge is 1.00 e. The Hall–Kier alpha value is -3.72. The van der Waals surface area contributed by atoms with E-state index < -0.39 is 5.97 Å². The fourth-order valence-corrected chi connectivity index (χ4v) is 8.20. The van der Waals surface area contributed by atoms with Crippen LogP contribution in [-0.2, 0) is 27.4 Å². The summed E-state index contributed by atoms with van der Waals surface area (Å²) in [4.78, 5) is 31.0. The Labute approximate surface area is 377 Å². The number of nitrogens with zero attached hydrogens (tertiary/aromatic N) is 2. The van der Waals surface area contributed by atoms with Crippen LogP contribution in [0.15, 0.2) is 60.9 Å². The zero-order valence-corrected chi connectivity index (χ0v) is 37.5. The zero-order chi connectivity index (χ0) is 41.7. The van der Waals surface area contributed by atoms with E-state index in [2.05, 4.69) is 98.5 Å². The minimum Gasteiger partial charge on any atom is -0.870 e. The van der Waals surface area contributed by atoms with E-state index in [0.29, 0.717) is 62.2 Å². The number of aromatic nitrogens is 2. The summed E-state index contributed by atoms with van der Waals surface area (Å²) in [5.41, 5.74) is 2.65. The van der Waals surface area contributed by atoms with Crippen molar-refractivity contribution in [3.8, 4) is 11.5 Å². The maximum absolute atomic E-state index is 11.4. The van der Waals surface area contributed by atoms with E-state index in [-0.39, 0.29) is 44.2 Å². The van der Waals surface area contributed by atoms with Crippen LogP contribution in [0.25, 0.3) is 21.5 Å². The van der Waals surface area contributed by atoms with E-state index in [1.807, 2.05) is 31.5 Å². The molecule has 0 aliphatic heterocycles. The van der Waals surface area contributed by atoms with E-state index >= 15 is 0 Å². The molecular formula is C49H73LiN4O7. The summed E-state index contributed by atoms with van der Waals surface area (Å²) in [6.45, 7) is 18.5. The van der Waals surface area contributed by atoms with Gasteiger partial charge < -0.3 is 35.4 Å². The van der Waals surface area contributed by atoms with Crippen LogP contribution >= 0.6 is 0 Å². The van der Waals surface area contributed by atoms with Gasteiger partial charge in [-0.3, -0.25) is 19.6 Å². The second kappa shape index (κ2) is 25.4. The van der Waals surface area contributed by atoms with E-state index in [1.165, 1.54) is 25.7 Å². The number of esters is 1. The molecule has 0 bridgehead atoms. The SMILES string of the molecule is C.CC(C)(C)C1CCC(Oc2ccc3cc(CNCCC(=O)O)ncc3c2)CC1.CCOC(=O)CCNCc1cc2ccc(OC3CCC(C(C)(C)C)CC3)cc2cn1.[Li+].[OH-]. The molecule has 2 aliphatic rings. The number of nitrogens with one attached hydrogen (secondary N) is 2. The van der Waals surface area contributed by atoms with Crippen LogP contribution in [0.1, 0.15) is 131 Å². The number of rotatable bonds is 15. The first kappa shape index (κ1) is 53.4. The smallest absolute Gasteiger partial charge is 0.870 e. The average molecular weight is 837 g/mol. The molecular weight excluding hydrogens is 764 g/mol. The number of carbonyl (C=O) groups is 2. The van der Waals surface area contributed by atoms with Crippen molar-refractivity contribution < 1.29 is 53.2 Å². The molecule has 0 atom stereocenters. The first-order valence-electron chi connectivity index (χ1n) is 21.6. The van der Waals surface area contributed by atoms with E-state index in [4.69, 9.17) is 19.3 Å². The molecule has 2 heterocycles. The molecule has 0 saturated heterocycles. The van der Waals surface area contributed by atoms with Gasteiger partial charge in [-0.2, -0.15) is 0 Å². The molecule has 12 heteroatoms. The van der Waals surface area contributed by atoms with Crippen molar-refractivity contribution in [2.24, 2.45) is 22.7 Å². The van der Waals surface area contributed by atoms with E-state index in [9.17, 15) is 9.59 Å². The van der Waals surface area contributed by atoms with Crippen molar-refractivity contribution in [1.82, 2.24) is 20.6 Å². The van der Waals surface area contributed by atoms with Gasteiger partial charge in [-0.25, -0.2) is 0 Å². The number of aliphatic carboxylic acids is 1. The number of hydrogen-bond donors (Lipinski definition) is 3. The van der Waals surface area contributed by atoms with E-state index in [1.54, 1.807) is 0 Å². The summed E-state index contributed by atoms with van der Waals surface area (Å²) in [7, 11) is 0. The van der Waals surface area contributed by atoms with Crippen molar-refractivity contribution in [1.29, 1.82) is 0 Å². The molecule has 2 fully saturated rings. The minimum atomic E-state index is -0.793. The molecule has 0 radical (unpaired) electrons. The summed E-state index contributed by atoms with van der Waals surface area (Å²) in [5.74, 6) is 2.47. The minimum absolute atomic E-state index is 0. The summed E-state index contributed by atoms with van der Waals surface area (Å²) in [5, 5.41) is 19.5. The monoisotopic (exact) mass is 837 g/mol. The molecule has 332 valence electrons. The molecule has 2 aromatic heterocycles. The maximum Gasteiger partial charge on any atom is 1.00 e. The van der Waals surface area contributed by atoms with Gasteiger partial charge in [-0.15, -0.1) is 0 Å². The van der Waals surface area contributed by atoms with Crippen molar-refractivity contribution in [3.05, 3.63) is 72.3 Å². The Morgan fingerprint density at radius 1 is 0.656 bits per heavy atom. The van der Waals surface area contributed by atoms with Crippen molar-refractivity contribution in [2.75, 3.05) is 19.7 Å². The third-order valence-electron chi connectivity index (χ3n) is 11.8. The van der Waals surface area contributed by atoms with Crippen LogP contribution in [0.2, 0.25) is 0 Å². The fraction of sp³-hybridized carbons (Fsp3) is 0.592. The molecule has 11 nitrogen and oxygen atoms in total. The molecule has 2 aliphatic carbocycles. The zero-order valence-electron chi connectivity index (χ0n) is 37.5. The molecule has 2 saturated carbocycles. The molecule has 0 amide bonds. The van der Waals surface area contributed by atoms with Crippen molar-refractivity contribution >= 4 is 33.5 Å². The Balaban J connectivity index is 0.000000401. The number of hydrogen-bond acceptors (Lipinski definition) is 10. The number of pyridine rings is 2. The molecule has 0 unspecified atom stereocenters. The fourth-order valence-electron chi connectivity index (χ4n) is 8.20. The van der Waals surface area contributed by atoms with Crippen LogP contribution in [-0.4, -0.2) is 64.4 Å². The van der Waals surface area contributed by atoms with Gasteiger partial charge in [0.2, 0.25) is 0 Å². The second-order valence-corrected chi connectivity index (χ2v) is 18.3. The first-order chi connectivity index (χ1) is 27.7. The van der Waals surface area contributed by atoms with Crippen molar-refractivity contribution in [3.63, 3.8) is 0 Å². The van der Waals surface area contributed by atoms with Gasteiger partial charge >= 0.3 is 30.8 Å². The molecule has 4 aromatic rings. The van der Waals surface area contributed by atoms with Gasteiger partial charge in [0.25, 0.3) is 0 Å². The molecule has 2 aromatic carbocycles. The first-order valence-corrected chi connectivity index (χ1v) is 21.6. The Morgan fingerprint density at radius 3 is 1.44 bits per heavy atom. The summed E-state index contributed by atoms with van der Waals surface area (Å²) in [6.07, 6.45) is 14.4. The van der Waals surface area contributed by atoms with E-state index in [0.717, 1.165) is 82.0 Å². The summed E-state index contributed by atoms with van der Waals surface area (Å²) in [6, 6.07) is 16.6. The van der Waals surface area contributed by atoms with Gasteiger partial charge in [0.05, 0.1) is 43.0 Å². The standard InChI is InChI=1S/C25H36N2O3.C23H32N2O3.CH4.Li.H2O/c1-5-29-24(28)12-13-26-17-21-14-18-6-9-23(15-19(18)16-27-21)30-22-10-7-20(8-11-22)25(2,3)4;1-23(2,3)18-5-8-20(9-6-18)28-21-7-4-16-12-19(25-14-17(16)13-21)15-24-11-10-22(26)27;;;/h6,9,14-16,20,22,26H,5,7-8,10-13,17H2,1-4H3;4,7,12-14,18,20,24H,5-6,8-11,15H2,1-3H3,(H,26,27);1H4;;1H2/q;;;+1;/p-1. The van der Waals surface area contributed by atoms with Gasteiger partial charge in [0.15, 0.2) is 0 Å². The van der Waals surface area contributed by atoms with Crippen LogP contribution in [0.4, 0.5) is 0 Å². The quantitative estimate of drug-likeness (QED) is 0.0618. The Bertz CT molecular complexity index is 1930. The Kier molecular flexibility index (Phi) is 22.2. The van der Waals surface area contributed by atoms with Gasteiger partial charge in [-0.05, 0) is 128 Å². The third kappa shape index (κ3) is 17.5. The van der Waals surface area contributed by atoms with Crippen LogP contribution in [0.3, 0.4) is 0 Å². The third-order valence-corrected chi connectivity index (χ3v) is 11.8. The van der Waals surface area contributed by atoms with Crippen LogP contribution < -0.4 is 39.0 Å². The van der Waals surface area contributed by atoms with Gasteiger partial charge in [0.1, 0.15) is 11.5 Å². The Morgan fingerprint density at radius 2 is 1.07 bits per heavy atom. The molecule has 4 N–H and O–H groups in total. The topological polar surface area (TPSA) is 162 Å². The average Bonchev–Trinajstić information content (AvgIpc) is 3.18. The number of carbonyl (C=O) groups excluding carboxylic acids is 1. The summed E-state index contributed by atoms with van der Waals surface area (Å²) < 4.78 is 17.5. The van der Waals surface area contributed by atoms with Gasteiger partial charge in [-0.1, -0.05) is 61.1 Å². The molecule has 61 heavy (non-hydrogen) atoms. The van der Waals surface area contributed by atoms with Crippen molar-refractivity contribution in [2.45, 2.75) is 145 Å². The van der Waals surface area contributed by atoms with Gasteiger partial charge in [0, 0.05) is 49.3 Å². The number of benzene rings is 2. The predicted octanol–water partition coefficient (Wildman–Crippen LogP) is 7.51. The number of fused-ring (bicyclic) bond motifs is 2. The molecule has 6 rings (SSSR count). The predicted molar refractivity (Wildman–Crippen MR) is 241 cm³/mol. The summed E-state index contributed by atoms with van der Waals surface area (Å²) >= 11 is 0. The van der Waals surface area contributed by atoms with Crippen LogP contribution in [0.5, 0.6) is 11.5 Å².